The largest absolute Gasteiger partial charge is 0.374 e. The van der Waals surface area contributed by atoms with Gasteiger partial charge in [0.05, 0.1) is 0 Å². The average Bonchev–Trinajstić information content (AvgIpc) is 2.64. The summed E-state index contributed by atoms with van der Waals surface area (Å²) in [5.41, 5.74) is 1.79. The maximum Gasteiger partial charge on any atom is 0.321 e. The zero-order chi connectivity index (χ0) is 19.8. The second-order valence-electron chi connectivity index (χ2n) is 5.75. The van der Waals surface area contributed by atoms with E-state index >= 15 is 0 Å². The quantitative estimate of drug-likeness (QED) is 0.610. The molecule has 27 heavy (non-hydrogen) atoms. The van der Waals surface area contributed by atoms with Crippen molar-refractivity contribution >= 4 is 40.8 Å². The predicted molar refractivity (Wildman–Crippen MR) is 106 cm³/mol. The highest BCUT2D eigenvalue weighted by atomic mass is 35.5. The van der Waals surface area contributed by atoms with Crippen LogP contribution in [-0.2, 0) is 4.79 Å². The highest BCUT2D eigenvalue weighted by Gasteiger charge is 2.15. The van der Waals surface area contributed by atoms with Crippen LogP contribution in [0.5, 0.6) is 0 Å². The van der Waals surface area contributed by atoms with Crippen molar-refractivity contribution in [3.63, 3.8) is 0 Å². The molecule has 0 radical (unpaired) electrons. The molecule has 0 saturated carbocycles. The van der Waals surface area contributed by atoms with Crippen molar-refractivity contribution in [1.29, 1.82) is 0 Å². The smallest absolute Gasteiger partial charge is 0.321 e. The molecule has 0 saturated heterocycles. The van der Waals surface area contributed by atoms with Crippen LogP contribution in [0.1, 0.15) is 24.2 Å². The van der Waals surface area contributed by atoms with Crippen LogP contribution in [0.25, 0.3) is 0 Å². The number of hydrogen-bond donors (Lipinski definition) is 4. The summed E-state index contributed by atoms with van der Waals surface area (Å²) in [6.07, 6.45) is 0. The first-order valence-electron chi connectivity index (χ1n) is 8.41. The Morgan fingerprint density at radius 2 is 1.56 bits per heavy atom. The summed E-state index contributed by atoms with van der Waals surface area (Å²) in [5.74, 6) is -0.692. The number of urea groups is 1. The van der Waals surface area contributed by atoms with E-state index in [0.717, 1.165) is 0 Å². The molecule has 0 aliphatic heterocycles. The number of hydrogen-bond acceptors (Lipinski definition) is 4. The van der Waals surface area contributed by atoms with Crippen LogP contribution in [0.3, 0.4) is 0 Å². The van der Waals surface area contributed by atoms with E-state index in [1.807, 2.05) is 0 Å². The van der Waals surface area contributed by atoms with Gasteiger partial charge in [0.2, 0.25) is 5.91 Å². The number of nitrogens with one attached hydrogen (secondary N) is 4. The summed E-state index contributed by atoms with van der Waals surface area (Å²) in [6.45, 7) is 3.84. The fraction of sp³-hybridized carbons (Fsp3) is 0.211. The average molecular weight is 389 g/mol. The minimum atomic E-state index is -0.609. The maximum absolute atomic E-state index is 12.2. The molecule has 142 valence electrons. The van der Waals surface area contributed by atoms with Crippen LogP contribution in [0, 0.1) is 0 Å². The van der Waals surface area contributed by atoms with Crippen molar-refractivity contribution in [2.75, 3.05) is 17.2 Å². The van der Waals surface area contributed by atoms with Crippen LogP contribution in [0.2, 0.25) is 5.02 Å². The number of carbonyl (C=O) groups is 3. The topological polar surface area (TPSA) is 99.3 Å². The fourth-order valence-corrected chi connectivity index (χ4v) is 2.32. The molecular weight excluding hydrogens is 368 g/mol. The standard InChI is InChI=1S/C19H21ClN4O3/c1-3-21-19(27)24-17(25)12(2)22-15-8-10-16(11-9-15)23-18(26)13-4-6-14(20)7-5-13/h4-12,22H,3H2,1-2H3,(H,23,26)(H2,21,24,25,27). The Labute approximate surface area is 162 Å². The van der Waals surface area contributed by atoms with Gasteiger partial charge >= 0.3 is 6.03 Å². The predicted octanol–water partition coefficient (Wildman–Crippen LogP) is 3.24. The van der Waals surface area contributed by atoms with Gasteiger partial charge in [0.15, 0.2) is 0 Å². The lowest BCUT2D eigenvalue weighted by molar-refractivity contribution is -0.120. The molecule has 0 aliphatic rings. The number of benzene rings is 2. The molecule has 0 bridgehead atoms. The Bertz CT molecular complexity index is 807. The van der Waals surface area contributed by atoms with Gasteiger partial charge in [0, 0.05) is 28.5 Å². The van der Waals surface area contributed by atoms with Gasteiger partial charge in [-0.05, 0) is 62.4 Å². The van der Waals surface area contributed by atoms with Crippen molar-refractivity contribution < 1.29 is 14.4 Å². The van der Waals surface area contributed by atoms with Gasteiger partial charge in [-0.15, -0.1) is 0 Å². The molecule has 1 unspecified atom stereocenters. The third kappa shape index (κ3) is 6.31. The molecular formula is C19H21ClN4O3. The number of rotatable bonds is 6. The number of carbonyl (C=O) groups excluding carboxylic acids is 3. The minimum absolute atomic E-state index is 0.248. The lowest BCUT2D eigenvalue weighted by Gasteiger charge is -2.15. The first-order valence-corrected chi connectivity index (χ1v) is 8.79. The third-order valence-corrected chi connectivity index (χ3v) is 3.85. The molecule has 2 rings (SSSR count). The minimum Gasteiger partial charge on any atom is -0.374 e. The van der Waals surface area contributed by atoms with Crippen LogP contribution < -0.4 is 21.3 Å². The fourth-order valence-electron chi connectivity index (χ4n) is 2.19. The first-order chi connectivity index (χ1) is 12.9. The van der Waals surface area contributed by atoms with Crippen molar-refractivity contribution in [1.82, 2.24) is 10.6 Å². The van der Waals surface area contributed by atoms with Crippen LogP contribution in [0.15, 0.2) is 48.5 Å². The molecule has 2 aromatic carbocycles. The van der Waals surface area contributed by atoms with Crippen molar-refractivity contribution in [2.24, 2.45) is 0 Å². The Kier molecular flexibility index (Phi) is 7.19. The van der Waals surface area contributed by atoms with E-state index in [1.54, 1.807) is 62.4 Å². The van der Waals surface area contributed by atoms with Crippen LogP contribution in [-0.4, -0.2) is 30.4 Å². The molecule has 0 heterocycles. The Morgan fingerprint density at radius 1 is 0.963 bits per heavy atom. The summed E-state index contributed by atoms with van der Waals surface area (Å²) >= 11 is 5.81. The van der Waals surface area contributed by atoms with Gasteiger partial charge in [-0.25, -0.2) is 4.79 Å². The van der Waals surface area contributed by atoms with Gasteiger partial charge in [-0.1, -0.05) is 11.6 Å². The molecule has 8 heteroatoms. The molecule has 4 N–H and O–H groups in total. The number of anilines is 2. The summed E-state index contributed by atoms with van der Waals surface area (Å²) < 4.78 is 0. The van der Waals surface area contributed by atoms with Crippen LogP contribution in [0.4, 0.5) is 16.2 Å². The van der Waals surface area contributed by atoms with Crippen molar-refractivity contribution in [2.45, 2.75) is 19.9 Å². The zero-order valence-electron chi connectivity index (χ0n) is 15.0. The van der Waals surface area contributed by atoms with E-state index in [9.17, 15) is 14.4 Å². The Hall–Kier alpha value is -3.06. The highest BCUT2D eigenvalue weighted by Crippen LogP contribution is 2.16. The van der Waals surface area contributed by atoms with E-state index in [4.69, 9.17) is 11.6 Å². The van der Waals surface area contributed by atoms with E-state index in [1.165, 1.54) is 0 Å². The molecule has 7 nitrogen and oxygen atoms in total. The number of amides is 4. The van der Waals surface area contributed by atoms with E-state index in [0.29, 0.717) is 28.5 Å². The molecule has 0 fully saturated rings. The van der Waals surface area contributed by atoms with Gasteiger partial charge in [-0.3, -0.25) is 14.9 Å². The lowest BCUT2D eigenvalue weighted by atomic mass is 10.2. The first kappa shape index (κ1) is 20.3. The second-order valence-corrected chi connectivity index (χ2v) is 6.19. The van der Waals surface area contributed by atoms with Gasteiger partial charge in [0.1, 0.15) is 6.04 Å². The van der Waals surface area contributed by atoms with E-state index in [2.05, 4.69) is 21.3 Å². The van der Waals surface area contributed by atoms with Crippen molar-refractivity contribution in [3.05, 3.63) is 59.1 Å². The zero-order valence-corrected chi connectivity index (χ0v) is 15.8. The normalized spacial score (nSPS) is 11.2. The van der Waals surface area contributed by atoms with Crippen molar-refractivity contribution in [3.8, 4) is 0 Å². The lowest BCUT2D eigenvalue weighted by Crippen LogP contribution is -2.45. The molecule has 2 aromatic rings. The van der Waals surface area contributed by atoms with Crippen LogP contribution >= 0.6 is 11.6 Å². The summed E-state index contributed by atoms with van der Waals surface area (Å²) in [6, 6.07) is 12.3. The maximum atomic E-state index is 12.2. The molecule has 1 atom stereocenters. The Balaban J connectivity index is 1.90. The Morgan fingerprint density at radius 3 is 2.15 bits per heavy atom. The second kappa shape index (κ2) is 9.59. The van der Waals surface area contributed by atoms with E-state index in [-0.39, 0.29) is 5.91 Å². The molecule has 0 aromatic heterocycles. The number of imide groups is 1. The SMILES string of the molecule is CCNC(=O)NC(=O)C(C)Nc1ccc(NC(=O)c2ccc(Cl)cc2)cc1. The highest BCUT2D eigenvalue weighted by molar-refractivity contribution is 6.30. The molecule has 4 amide bonds. The van der Waals surface area contributed by atoms with Gasteiger partial charge < -0.3 is 16.0 Å². The molecule has 0 spiro atoms. The van der Waals surface area contributed by atoms with Gasteiger partial charge in [0.25, 0.3) is 5.91 Å². The summed E-state index contributed by atoms with van der Waals surface area (Å²) in [7, 11) is 0. The van der Waals surface area contributed by atoms with E-state index < -0.39 is 18.0 Å². The monoisotopic (exact) mass is 388 g/mol. The van der Waals surface area contributed by atoms with Gasteiger partial charge in [-0.2, -0.15) is 0 Å². The summed E-state index contributed by atoms with van der Waals surface area (Å²) in [5, 5.41) is 11.1. The summed E-state index contributed by atoms with van der Waals surface area (Å²) in [4.78, 5) is 35.5. The molecule has 0 aliphatic carbocycles. The number of halogens is 1. The third-order valence-electron chi connectivity index (χ3n) is 3.60.